The molecular formula is C18H17N3O2. The van der Waals surface area contributed by atoms with Gasteiger partial charge >= 0.3 is 0 Å². The molecule has 23 heavy (non-hydrogen) atoms. The van der Waals surface area contributed by atoms with Gasteiger partial charge in [-0.1, -0.05) is 30.9 Å². The Labute approximate surface area is 134 Å². The number of nitrogens with one attached hydrogen (secondary N) is 1. The zero-order valence-corrected chi connectivity index (χ0v) is 12.6. The number of hydrogen-bond acceptors (Lipinski definition) is 2. The maximum Gasteiger partial charge on any atom is 0.251 e. The molecule has 1 aromatic heterocycles. The van der Waals surface area contributed by atoms with Gasteiger partial charge in [0.1, 0.15) is 6.04 Å². The average molecular weight is 307 g/mol. The fraction of sp³-hybridized carbons (Fsp3) is 0.111. The van der Waals surface area contributed by atoms with E-state index in [1.54, 1.807) is 6.08 Å². The van der Waals surface area contributed by atoms with Crippen LogP contribution in [0.2, 0.25) is 0 Å². The molecule has 1 atom stereocenters. The molecule has 0 radical (unpaired) electrons. The van der Waals surface area contributed by atoms with Crippen molar-refractivity contribution in [1.82, 2.24) is 9.47 Å². The van der Waals surface area contributed by atoms with Crippen LogP contribution in [0.25, 0.3) is 5.69 Å². The highest BCUT2D eigenvalue weighted by Crippen LogP contribution is 2.21. The van der Waals surface area contributed by atoms with Crippen LogP contribution >= 0.6 is 0 Å². The number of aromatic nitrogens is 1. The normalized spacial score (nSPS) is 16.3. The van der Waals surface area contributed by atoms with Crippen molar-refractivity contribution in [1.29, 1.82) is 0 Å². The smallest absolute Gasteiger partial charge is 0.251 e. The molecule has 116 valence electrons. The Balaban J connectivity index is 1.83. The van der Waals surface area contributed by atoms with E-state index in [1.807, 2.05) is 59.4 Å². The third kappa shape index (κ3) is 2.94. The SMILES string of the molecule is C=CC(=O)N1CC=C[C@H]1C(=O)Nc1ccccc1-n1cccc1. The predicted octanol–water partition coefficient (Wildman–Crippen LogP) is 2.37. The van der Waals surface area contributed by atoms with E-state index < -0.39 is 6.04 Å². The fourth-order valence-electron chi connectivity index (χ4n) is 2.60. The summed E-state index contributed by atoms with van der Waals surface area (Å²) in [7, 11) is 0. The Morgan fingerprint density at radius 3 is 2.65 bits per heavy atom. The summed E-state index contributed by atoms with van der Waals surface area (Å²) >= 11 is 0. The quantitative estimate of drug-likeness (QED) is 0.696. The van der Waals surface area contributed by atoms with E-state index in [9.17, 15) is 9.59 Å². The summed E-state index contributed by atoms with van der Waals surface area (Å²) in [5.41, 5.74) is 1.56. The fourth-order valence-corrected chi connectivity index (χ4v) is 2.60. The van der Waals surface area contributed by atoms with E-state index in [2.05, 4.69) is 11.9 Å². The summed E-state index contributed by atoms with van der Waals surface area (Å²) in [4.78, 5) is 25.9. The number of amides is 2. The largest absolute Gasteiger partial charge is 0.322 e. The van der Waals surface area contributed by atoms with Crippen LogP contribution in [0.15, 0.2) is 73.6 Å². The second kappa shape index (κ2) is 6.36. The molecule has 3 rings (SSSR count). The van der Waals surface area contributed by atoms with Gasteiger partial charge in [-0.2, -0.15) is 0 Å². The highest BCUT2D eigenvalue weighted by atomic mass is 16.2. The van der Waals surface area contributed by atoms with Gasteiger partial charge in [0.2, 0.25) is 5.91 Å². The standard InChI is InChI=1S/C18H17N3O2/c1-2-17(22)21-13-7-10-16(21)18(23)19-14-8-3-4-9-15(14)20-11-5-6-12-20/h2-12,16H,1,13H2,(H,19,23)/t16-/m0/s1. The van der Waals surface area contributed by atoms with Crippen molar-refractivity contribution in [2.75, 3.05) is 11.9 Å². The summed E-state index contributed by atoms with van der Waals surface area (Å²) < 4.78 is 1.92. The molecule has 5 heteroatoms. The highest BCUT2D eigenvalue weighted by Gasteiger charge is 2.29. The van der Waals surface area contributed by atoms with E-state index in [1.165, 1.54) is 11.0 Å². The van der Waals surface area contributed by atoms with Crippen molar-refractivity contribution >= 4 is 17.5 Å². The van der Waals surface area contributed by atoms with Crippen molar-refractivity contribution in [3.05, 3.63) is 73.6 Å². The lowest BCUT2D eigenvalue weighted by molar-refractivity contribution is -0.131. The summed E-state index contributed by atoms with van der Waals surface area (Å²) in [5.74, 6) is -0.498. The molecule has 0 spiro atoms. The second-order valence-corrected chi connectivity index (χ2v) is 5.16. The topological polar surface area (TPSA) is 54.3 Å². The minimum absolute atomic E-state index is 0.242. The Morgan fingerprint density at radius 2 is 1.91 bits per heavy atom. The minimum atomic E-state index is -0.613. The summed E-state index contributed by atoms with van der Waals surface area (Å²) in [5, 5.41) is 2.91. The molecule has 1 N–H and O–H groups in total. The van der Waals surface area contributed by atoms with E-state index in [0.29, 0.717) is 12.2 Å². The predicted molar refractivity (Wildman–Crippen MR) is 89.2 cm³/mol. The van der Waals surface area contributed by atoms with E-state index in [0.717, 1.165) is 5.69 Å². The van der Waals surface area contributed by atoms with Gasteiger partial charge in [-0.3, -0.25) is 9.59 Å². The van der Waals surface area contributed by atoms with Gasteiger partial charge in [-0.05, 0) is 30.3 Å². The van der Waals surface area contributed by atoms with Crippen LogP contribution < -0.4 is 5.32 Å². The molecule has 0 saturated carbocycles. The molecule has 0 bridgehead atoms. The third-order valence-electron chi connectivity index (χ3n) is 3.73. The van der Waals surface area contributed by atoms with Gasteiger partial charge in [-0.25, -0.2) is 0 Å². The van der Waals surface area contributed by atoms with Gasteiger partial charge in [0.15, 0.2) is 0 Å². The van der Waals surface area contributed by atoms with E-state index >= 15 is 0 Å². The van der Waals surface area contributed by atoms with Crippen molar-refractivity contribution < 1.29 is 9.59 Å². The minimum Gasteiger partial charge on any atom is -0.322 e. The van der Waals surface area contributed by atoms with Crippen molar-refractivity contribution in [2.45, 2.75) is 6.04 Å². The molecule has 2 amide bonds. The Kier molecular flexibility index (Phi) is 4.10. The number of para-hydroxylation sites is 2. The number of anilines is 1. The van der Waals surface area contributed by atoms with Crippen molar-refractivity contribution in [3.8, 4) is 5.69 Å². The first-order valence-corrected chi connectivity index (χ1v) is 7.33. The monoisotopic (exact) mass is 307 g/mol. The average Bonchev–Trinajstić information content (AvgIpc) is 3.26. The molecule has 1 aromatic carbocycles. The number of benzene rings is 1. The molecule has 5 nitrogen and oxygen atoms in total. The first kappa shape index (κ1) is 14.8. The summed E-state index contributed by atoms with van der Waals surface area (Å²) in [6.45, 7) is 3.90. The number of hydrogen-bond donors (Lipinski definition) is 1. The summed E-state index contributed by atoms with van der Waals surface area (Å²) in [6, 6.07) is 10.8. The number of carbonyl (C=O) groups is 2. The van der Waals surface area contributed by atoms with Crippen LogP contribution in [0, 0.1) is 0 Å². The summed E-state index contributed by atoms with van der Waals surface area (Å²) in [6.07, 6.45) is 8.58. The van der Waals surface area contributed by atoms with Gasteiger partial charge in [-0.15, -0.1) is 0 Å². The maximum absolute atomic E-state index is 12.6. The first-order valence-electron chi connectivity index (χ1n) is 7.33. The lowest BCUT2D eigenvalue weighted by atomic mass is 10.2. The van der Waals surface area contributed by atoms with Crippen LogP contribution in [0.3, 0.4) is 0 Å². The van der Waals surface area contributed by atoms with Gasteiger partial charge in [0, 0.05) is 18.9 Å². The molecule has 2 heterocycles. The molecule has 0 aliphatic carbocycles. The molecular weight excluding hydrogens is 290 g/mol. The molecule has 2 aromatic rings. The van der Waals surface area contributed by atoms with E-state index in [4.69, 9.17) is 0 Å². The van der Waals surface area contributed by atoms with Gasteiger partial charge in [0.05, 0.1) is 11.4 Å². The number of rotatable bonds is 4. The van der Waals surface area contributed by atoms with Crippen LogP contribution in [0.4, 0.5) is 5.69 Å². The van der Waals surface area contributed by atoms with Gasteiger partial charge < -0.3 is 14.8 Å². The zero-order valence-electron chi connectivity index (χ0n) is 12.6. The maximum atomic E-state index is 12.6. The van der Waals surface area contributed by atoms with Gasteiger partial charge in [0.25, 0.3) is 5.91 Å². The highest BCUT2D eigenvalue weighted by molar-refractivity contribution is 6.01. The van der Waals surface area contributed by atoms with Crippen LogP contribution in [0.5, 0.6) is 0 Å². The Hall–Kier alpha value is -3.08. The van der Waals surface area contributed by atoms with Crippen LogP contribution in [0.1, 0.15) is 0 Å². The van der Waals surface area contributed by atoms with Crippen molar-refractivity contribution in [3.63, 3.8) is 0 Å². The zero-order chi connectivity index (χ0) is 16.2. The molecule has 1 aliphatic heterocycles. The van der Waals surface area contributed by atoms with Crippen LogP contribution in [-0.2, 0) is 9.59 Å². The third-order valence-corrected chi connectivity index (χ3v) is 3.73. The molecule has 1 aliphatic rings. The lowest BCUT2D eigenvalue weighted by Crippen LogP contribution is -2.42. The Morgan fingerprint density at radius 1 is 1.17 bits per heavy atom. The van der Waals surface area contributed by atoms with Crippen molar-refractivity contribution in [2.24, 2.45) is 0 Å². The lowest BCUT2D eigenvalue weighted by Gasteiger charge is -2.23. The Bertz CT molecular complexity index is 762. The first-order chi connectivity index (χ1) is 11.2. The van der Waals surface area contributed by atoms with E-state index in [-0.39, 0.29) is 11.8 Å². The molecule has 0 fully saturated rings. The number of carbonyl (C=O) groups excluding carboxylic acids is 2. The molecule has 0 unspecified atom stereocenters. The second-order valence-electron chi connectivity index (χ2n) is 5.16. The number of nitrogens with zero attached hydrogens (tertiary/aromatic N) is 2. The molecule has 0 saturated heterocycles. The van der Waals surface area contributed by atoms with Crippen LogP contribution in [-0.4, -0.2) is 33.9 Å².